The zero-order valence-corrected chi connectivity index (χ0v) is 6.46. The topological polar surface area (TPSA) is 3.24 Å². The molecule has 0 spiro atoms. The number of fused-ring (bicyclic) bond motifs is 1. The van der Waals surface area contributed by atoms with Crippen LogP contribution in [0.1, 0.15) is 6.42 Å². The summed E-state index contributed by atoms with van der Waals surface area (Å²) < 4.78 is 0. The van der Waals surface area contributed by atoms with Crippen LogP contribution in [0.25, 0.3) is 0 Å². The van der Waals surface area contributed by atoms with Crippen molar-refractivity contribution in [1.82, 2.24) is 4.90 Å². The van der Waals surface area contributed by atoms with Gasteiger partial charge < -0.3 is 4.90 Å². The van der Waals surface area contributed by atoms with Crippen LogP contribution in [-0.4, -0.2) is 18.0 Å². The molecule has 0 fully saturated rings. The lowest BCUT2D eigenvalue weighted by Gasteiger charge is -2.24. The van der Waals surface area contributed by atoms with Gasteiger partial charge in [-0.3, -0.25) is 0 Å². The molecule has 0 bridgehead atoms. The van der Waals surface area contributed by atoms with Crippen LogP contribution in [-0.2, 0) is 0 Å². The molecule has 1 nitrogen and oxygen atoms in total. The molecule has 0 saturated carbocycles. The Kier molecular flexibility index (Phi) is 1.80. The van der Waals surface area contributed by atoms with Gasteiger partial charge in [0.2, 0.25) is 0 Å². The van der Waals surface area contributed by atoms with Crippen molar-refractivity contribution in [1.29, 1.82) is 0 Å². The van der Waals surface area contributed by atoms with Gasteiger partial charge in [-0.05, 0) is 12.5 Å². The van der Waals surface area contributed by atoms with Gasteiger partial charge in [-0.2, -0.15) is 0 Å². The smallest absolute Gasteiger partial charge is 0.0384 e. The lowest BCUT2D eigenvalue weighted by Crippen LogP contribution is -2.24. The number of rotatable bonds is 0. The quantitative estimate of drug-likeness (QED) is 0.470. The number of hydrogen-bond acceptors (Lipinski definition) is 1. The highest BCUT2D eigenvalue weighted by molar-refractivity contribution is 5.26. The summed E-state index contributed by atoms with van der Waals surface area (Å²) in [4.78, 5) is 2.31. The molecule has 1 heteroatoms. The number of hydrogen-bond donors (Lipinski definition) is 0. The van der Waals surface area contributed by atoms with E-state index in [9.17, 15) is 0 Å². The van der Waals surface area contributed by atoms with Crippen LogP contribution in [0.15, 0.2) is 36.1 Å². The molecule has 2 heterocycles. The summed E-state index contributed by atoms with van der Waals surface area (Å²) in [6.45, 7) is 2.06. The van der Waals surface area contributed by atoms with E-state index in [0.29, 0.717) is 0 Å². The number of allylic oxidation sites excluding steroid dienone is 4. The lowest BCUT2D eigenvalue weighted by atomic mass is 10.2. The Morgan fingerprint density at radius 3 is 3.09 bits per heavy atom. The predicted molar refractivity (Wildman–Crippen MR) is 45.8 cm³/mol. The van der Waals surface area contributed by atoms with Crippen LogP contribution < -0.4 is 0 Å². The molecule has 0 N–H and O–H groups in total. The third-order valence-corrected chi connectivity index (χ3v) is 1.95. The average molecular weight is 145 g/mol. The fraction of sp³-hybridized carbons (Fsp3) is 0.300. The first-order chi connectivity index (χ1) is 5.47. The van der Waals surface area contributed by atoms with Crippen molar-refractivity contribution < 1.29 is 0 Å². The zero-order valence-electron chi connectivity index (χ0n) is 6.46. The minimum Gasteiger partial charge on any atom is -0.367 e. The Hall–Kier alpha value is -0.980. The van der Waals surface area contributed by atoms with E-state index in [-0.39, 0.29) is 0 Å². The van der Waals surface area contributed by atoms with Gasteiger partial charge in [0.15, 0.2) is 0 Å². The van der Waals surface area contributed by atoms with Gasteiger partial charge in [0.05, 0.1) is 0 Å². The summed E-state index contributed by atoms with van der Waals surface area (Å²) in [5, 5.41) is 0. The first-order valence-corrected chi connectivity index (χ1v) is 3.97. The highest BCUT2D eigenvalue weighted by Crippen LogP contribution is 2.17. The minimum atomic E-state index is 0.955. The van der Waals surface area contributed by atoms with Crippen LogP contribution in [0.3, 0.4) is 0 Å². The van der Waals surface area contributed by atoms with Crippen LogP contribution >= 0.6 is 0 Å². The van der Waals surface area contributed by atoms with Gasteiger partial charge in [0, 0.05) is 25.2 Å². The molecule has 0 aliphatic carbocycles. The Balaban J connectivity index is 2.17. The van der Waals surface area contributed by atoms with Crippen molar-refractivity contribution in [2.45, 2.75) is 6.42 Å². The molecule has 0 saturated heterocycles. The maximum atomic E-state index is 3.33. The standard InChI is InChI=1S/C10H11N/c1-2-6-10-7-3-5-9-11(10)8-4-1/h1,3-5,7H,2,8-9H2. The number of nitrogens with zero attached hydrogens (tertiary/aromatic N) is 1. The summed E-state index contributed by atoms with van der Waals surface area (Å²) in [5.74, 6) is 0. The third-order valence-electron chi connectivity index (χ3n) is 1.95. The minimum absolute atomic E-state index is 0.955. The highest BCUT2D eigenvalue weighted by Gasteiger charge is 2.10. The van der Waals surface area contributed by atoms with Crippen LogP contribution in [0.2, 0.25) is 0 Å². The summed E-state index contributed by atoms with van der Waals surface area (Å²) >= 11 is 0. The first kappa shape index (κ1) is 6.71. The lowest BCUT2D eigenvalue weighted by molar-refractivity contribution is 0.425. The van der Waals surface area contributed by atoms with Crippen molar-refractivity contribution >= 4 is 0 Å². The van der Waals surface area contributed by atoms with Crippen molar-refractivity contribution in [2.75, 3.05) is 13.1 Å². The molecule has 56 valence electrons. The molecule has 0 amide bonds. The first-order valence-electron chi connectivity index (χ1n) is 3.97. The largest absolute Gasteiger partial charge is 0.367 e. The maximum Gasteiger partial charge on any atom is 0.0384 e. The molecule has 11 heavy (non-hydrogen) atoms. The van der Waals surface area contributed by atoms with Crippen molar-refractivity contribution in [3.63, 3.8) is 0 Å². The van der Waals surface area contributed by atoms with E-state index in [4.69, 9.17) is 0 Å². The van der Waals surface area contributed by atoms with Gasteiger partial charge in [-0.15, -0.1) is 0 Å². The normalized spacial score (nSPS) is 22.5. The molecule has 0 aromatic carbocycles. The van der Waals surface area contributed by atoms with Gasteiger partial charge in [0.25, 0.3) is 0 Å². The van der Waals surface area contributed by atoms with E-state index >= 15 is 0 Å². The Labute approximate surface area is 67.7 Å². The molecule has 2 aliphatic rings. The summed E-state index contributed by atoms with van der Waals surface area (Å²) in [5.41, 5.74) is 1.25. The molecule has 2 rings (SSSR count). The average Bonchev–Trinajstić information content (AvgIpc) is 2.28. The highest BCUT2D eigenvalue weighted by atomic mass is 15.1. The van der Waals surface area contributed by atoms with E-state index in [1.807, 2.05) is 0 Å². The van der Waals surface area contributed by atoms with E-state index in [1.54, 1.807) is 0 Å². The van der Waals surface area contributed by atoms with E-state index in [0.717, 1.165) is 19.5 Å². The van der Waals surface area contributed by atoms with Crippen molar-refractivity contribution in [2.24, 2.45) is 0 Å². The molecule has 2 aliphatic heterocycles. The van der Waals surface area contributed by atoms with Crippen LogP contribution in [0, 0.1) is 6.42 Å². The third kappa shape index (κ3) is 1.37. The monoisotopic (exact) mass is 145 g/mol. The fourth-order valence-corrected chi connectivity index (χ4v) is 1.34. The molecule has 0 aromatic rings. The zero-order chi connectivity index (χ0) is 7.52. The van der Waals surface area contributed by atoms with E-state index in [2.05, 4.69) is 41.7 Å². The summed E-state index contributed by atoms with van der Waals surface area (Å²) in [7, 11) is 0. The second-order valence-electron chi connectivity index (χ2n) is 2.74. The SMILES string of the molecule is [C]1CC=CCN2CC=CC=C12. The molecule has 0 aromatic heterocycles. The van der Waals surface area contributed by atoms with Crippen molar-refractivity contribution in [3.8, 4) is 0 Å². The second kappa shape index (κ2) is 2.95. The molecular weight excluding hydrogens is 134 g/mol. The molecule has 0 atom stereocenters. The molecule has 0 unspecified atom stereocenters. The Morgan fingerprint density at radius 1 is 1.18 bits per heavy atom. The predicted octanol–water partition coefficient (Wildman–Crippen LogP) is 1.78. The molecule has 2 radical (unpaired) electrons. The van der Waals surface area contributed by atoms with Crippen molar-refractivity contribution in [3.05, 3.63) is 42.5 Å². The fourth-order valence-electron chi connectivity index (χ4n) is 1.34. The van der Waals surface area contributed by atoms with Crippen LogP contribution in [0.5, 0.6) is 0 Å². The summed E-state index contributed by atoms with van der Waals surface area (Å²) in [6.07, 6.45) is 15.0. The molecular formula is C10H11N. The maximum absolute atomic E-state index is 3.33. The Bertz CT molecular complexity index is 223. The van der Waals surface area contributed by atoms with Crippen LogP contribution in [0.4, 0.5) is 0 Å². The van der Waals surface area contributed by atoms with Gasteiger partial charge in [0.1, 0.15) is 0 Å². The van der Waals surface area contributed by atoms with Gasteiger partial charge >= 0.3 is 0 Å². The van der Waals surface area contributed by atoms with Gasteiger partial charge in [-0.1, -0.05) is 24.3 Å². The summed E-state index contributed by atoms with van der Waals surface area (Å²) in [6, 6.07) is 0. The van der Waals surface area contributed by atoms with E-state index in [1.165, 1.54) is 5.70 Å². The second-order valence-corrected chi connectivity index (χ2v) is 2.74. The van der Waals surface area contributed by atoms with E-state index < -0.39 is 0 Å². The van der Waals surface area contributed by atoms with Gasteiger partial charge in [-0.25, -0.2) is 0 Å². The Morgan fingerprint density at radius 2 is 2.09 bits per heavy atom.